The van der Waals surface area contributed by atoms with Gasteiger partial charge in [0.25, 0.3) is 0 Å². The minimum Gasteiger partial charge on any atom is -0.486 e. The molecule has 2 unspecified atom stereocenters. The molecule has 1 aromatic carbocycles. The Bertz CT molecular complexity index is 512. The predicted octanol–water partition coefficient (Wildman–Crippen LogP) is 1.47. The van der Waals surface area contributed by atoms with Gasteiger partial charge in [-0.25, -0.2) is 0 Å². The van der Waals surface area contributed by atoms with E-state index in [1.807, 2.05) is 31.2 Å². The maximum absolute atomic E-state index is 12.4. The number of amides is 1. The fraction of sp³-hybridized carbons (Fsp3) is 0.562. The second kappa shape index (κ2) is 5.93. The molecule has 2 aliphatic heterocycles. The average molecular weight is 290 g/mol. The van der Waals surface area contributed by atoms with Crippen molar-refractivity contribution in [3.05, 3.63) is 24.3 Å². The van der Waals surface area contributed by atoms with Gasteiger partial charge in [-0.2, -0.15) is 0 Å². The van der Waals surface area contributed by atoms with Crippen LogP contribution in [0.1, 0.15) is 26.2 Å². The molecule has 2 N–H and O–H groups in total. The molecule has 1 saturated heterocycles. The molecular weight excluding hydrogens is 268 g/mol. The highest BCUT2D eigenvalue weighted by Crippen LogP contribution is 2.30. The van der Waals surface area contributed by atoms with Crippen LogP contribution >= 0.6 is 0 Å². The Labute approximate surface area is 125 Å². The van der Waals surface area contributed by atoms with Crippen molar-refractivity contribution in [2.75, 3.05) is 19.7 Å². The van der Waals surface area contributed by atoms with E-state index >= 15 is 0 Å². The summed E-state index contributed by atoms with van der Waals surface area (Å²) in [5, 5.41) is 6.35. The Morgan fingerprint density at radius 2 is 2.24 bits per heavy atom. The molecule has 0 radical (unpaired) electrons. The minimum atomic E-state index is -0.395. The fourth-order valence-electron chi connectivity index (χ4n) is 3.00. The largest absolute Gasteiger partial charge is 0.486 e. The summed E-state index contributed by atoms with van der Waals surface area (Å²) in [6, 6.07) is 7.60. The van der Waals surface area contributed by atoms with Crippen LogP contribution in [0.3, 0.4) is 0 Å². The summed E-state index contributed by atoms with van der Waals surface area (Å²) in [4.78, 5) is 12.4. The molecule has 3 rings (SSSR count). The van der Waals surface area contributed by atoms with Crippen LogP contribution in [0.25, 0.3) is 0 Å². The highest BCUT2D eigenvalue weighted by atomic mass is 16.6. The first-order chi connectivity index (χ1) is 10.2. The summed E-state index contributed by atoms with van der Waals surface area (Å²) < 4.78 is 11.5. The maximum Gasteiger partial charge on any atom is 0.240 e. The van der Waals surface area contributed by atoms with Gasteiger partial charge in [0.05, 0.1) is 12.1 Å². The van der Waals surface area contributed by atoms with Crippen LogP contribution in [0, 0.1) is 0 Å². The van der Waals surface area contributed by atoms with Crippen LogP contribution in [-0.2, 0) is 4.79 Å². The third kappa shape index (κ3) is 2.83. The van der Waals surface area contributed by atoms with Crippen LogP contribution in [-0.4, -0.2) is 37.2 Å². The lowest BCUT2D eigenvalue weighted by atomic mass is 9.93. The minimum absolute atomic E-state index is 0.0740. The lowest BCUT2D eigenvalue weighted by Crippen LogP contribution is -2.55. The summed E-state index contributed by atoms with van der Waals surface area (Å²) in [7, 11) is 0. The second-order valence-corrected chi connectivity index (χ2v) is 5.67. The summed E-state index contributed by atoms with van der Waals surface area (Å²) >= 11 is 0. The number of benzene rings is 1. The zero-order chi connectivity index (χ0) is 14.7. The first-order valence-electron chi connectivity index (χ1n) is 7.65. The van der Waals surface area contributed by atoms with Gasteiger partial charge in [-0.15, -0.1) is 0 Å². The van der Waals surface area contributed by atoms with Crippen molar-refractivity contribution in [2.24, 2.45) is 0 Å². The van der Waals surface area contributed by atoms with E-state index < -0.39 is 5.54 Å². The van der Waals surface area contributed by atoms with Gasteiger partial charge in [-0.1, -0.05) is 19.1 Å². The van der Waals surface area contributed by atoms with E-state index in [9.17, 15) is 4.79 Å². The monoisotopic (exact) mass is 290 g/mol. The molecule has 2 atom stereocenters. The van der Waals surface area contributed by atoms with Gasteiger partial charge >= 0.3 is 0 Å². The van der Waals surface area contributed by atoms with Gasteiger partial charge in [0.15, 0.2) is 11.5 Å². The van der Waals surface area contributed by atoms with Gasteiger partial charge in [-0.05, 0) is 37.9 Å². The zero-order valence-corrected chi connectivity index (χ0v) is 12.4. The smallest absolute Gasteiger partial charge is 0.240 e. The third-order valence-corrected chi connectivity index (χ3v) is 4.34. The number of rotatable bonds is 4. The summed E-state index contributed by atoms with van der Waals surface area (Å²) in [6.45, 7) is 3.90. The van der Waals surface area contributed by atoms with E-state index in [1.54, 1.807) is 0 Å². The summed E-state index contributed by atoms with van der Waals surface area (Å²) in [5.41, 5.74) is -0.395. The molecule has 0 aliphatic carbocycles. The number of carbonyl (C=O) groups excluding carboxylic acids is 1. The molecule has 5 nitrogen and oxygen atoms in total. The van der Waals surface area contributed by atoms with Gasteiger partial charge < -0.3 is 20.1 Å². The standard InChI is InChI=1S/C16H22N2O3/c1-2-16(8-5-9-18-16)15(19)17-10-12-11-20-13-6-3-4-7-14(13)21-12/h3-4,6-7,12,18H,2,5,8-11H2,1H3,(H,17,19). The van der Waals surface area contributed by atoms with Crippen LogP contribution < -0.4 is 20.1 Å². The average Bonchev–Trinajstić information content (AvgIpc) is 3.02. The number of hydrogen-bond acceptors (Lipinski definition) is 4. The molecule has 1 fully saturated rings. The SMILES string of the molecule is CCC1(C(=O)NCC2COc3ccccc3O2)CCCN1. The van der Waals surface area contributed by atoms with Crippen molar-refractivity contribution in [2.45, 2.75) is 37.8 Å². The summed E-state index contributed by atoms with van der Waals surface area (Å²) in [5.74, 6) is 1.58. The Morgan fingerprint density at radius 3 is 2.95 bits per heavy atom. The lowest BCUT2D eigenvalue weighted by molar-refractivity contribution is -0.127. The molecule has 21 heavy (non-hydrogen) atoms. The first kappa shape index (κ1) is 14.2. The number of fused-ring (bicyclic) bond motifs is 1. The van der Waals surface area contributed by atoms with Crippen LogP contribution in [0.2, 0.25) is 0 Å². The van der Waals surface area contributed by atoms with Gasteiger partial charge in [-0.3, -0.25) is 4.79 Å². The Balaban J connectivity index is 1.55. The number of nitrogens with one attached hydrogen (secondary N) is 2. The van der Waals surface area contributed by atoms with E-state index in [-0.39, 0.29) is 12.0 Å². The third-order valence-electron chi connectivity index (χ3n) is 4.34. The van der Waals surface area contributed by atoms with Crippen LogP contribution in [0.4, 0.5) is 0 Å². The van der Waals surface area contributed by atoms with E-state index in [4.69, 9.17) is 9.47 Å². The van der Waals surface area contributed by atoms with Gasteiger partial charge in [0.2, 0.25) is 5.91 Å². The molecule has 0 aromatic heterocycles. The summed E-state index contributed by atoms with van der Waals surface area (Å²) in [6.07, 6.45) is 2.63. The Hall–Kier alpha value is -1.75. The molecule has 2 aliphatic rings. The fourth-order valence-corrected chi connectivity index (χ4v) is 3.00. The molecule has 0 spiro atoms. The molecule has 0 saturated carbocycles. The van der Waals surface area contributed by atoms with Crippen molar-refractivity contribution in [3.8, 4) is 11.5 Å². The molecule has 114 valence electrons. The number of hydrogen-bond donors (Lipinski definition) is 2. The highest BCUT2D eigenvalue weighted by molar-refractivity contribution is 5.86. The van der Waals surface area contributed by atoms with Crippen LogP contribution in [0.15, 0.2) is 24.3 Å². The van der Waals surface area contributed by atoms with Crippen molar-refractivity contribution in [3.63, 3.8) is 0 Å². The number of para-hydroxylation sites is 2. The van der Waals surface area contributed by atoms with E-state index in [2.05, 4.69) is 10.6 Å². The topological polar surface area (TPSA) is 59.6 Å². The molecule has 5 heteroatoms. The van der Waals surface area contributed by atoms with E-state index in [0.717, 1.165) is 37.3 Å². The van der Waals surface area contributed by atoms with E-state index in [1.165, 1.54) is 0 Å². The van der Waals surface area contributed by atoms with Gasteiger partial charge in [0.1, 0.15) is 12.7 Å². The second-order valence-electron chi connectivity index (χ2n) is 5.67. The quantitative estimate of drug-likeness (QED) is 0.882. The molecule has 1 aromatic rings. The lowest BCUT2D eigenvalue weighted by Gasteiger charge is -2.30. The maximum atomic E-state index is 12.4. The number of carbonyl (C=O) groups is 1. The van der Waals surface area contributed by atoms with Crippen molar-refractivity contribution < 1.29 is 14.3 Å². The van der Waals surface area contributed by atoms with E-state index in [0.29, 0.717) is 13.2 Å². The number of ether oxygens (including phenoxy) is 2. The zero-order valence-electron chi connectivity index (χ0n) is 12.4. The first-order valence-corrected chi connectivity index (χ1v) is 7.65. The molecule has 0 bridgehead atoms. The van der Waals surface area contributed by atoms with Crippen molar-refractivity contribution >= 4 is 5.91 Å². The Kier molecular flexibility index (Phi) is 4.01. The molecular formula is C16H22N2O3. The van der Waals surface area contributed by atoms with Crippen molar-refractivity contribution in [1.29, 1.82) is 0 Å². The molecule has 2 heterocycles. The van der Waals surface area contributed by atoms with Crippen molar-refractivity contribution in [1.82, 2.24) is 10.6 Å². The predicted molar refractivity (Wildman–Crippen MR) is 79.6 cm³/mol. The molecule has 1 amide bonds. The highest BCUT2D eigenvalue weighted by Gasteiger charge is 2.39. The van der Waals surface area contributed by atoms with Gasteiger partial charge in [0, 0.05) is 0 Å². The van der Waals surface area contributed by atoms with Crippen LogP contribution in [0.5, 0.6) is 11.5 Å². The Morgan fingerprint density at radius 1 is 1.43 bits per heavy atom. The normalized spacial score (nSPS) is 27.4.